The van der Waals surface area contributed by atoms with Crippen molar-refractivity contribution in [3.05, 3.63) is 12.3 Å². The van der Waals surface area contributed by atoms with E-state index in [1.54, 1.807) is 12.5 Å². The van der Waals surface area contributed by atoms with Crippen molar-refractivity contribution in [3.63, 3.8) is 0 Å². The van der Waals surface area contributed by atoms with Gasteiger partial charge in [0.05, 0.1) is 0 Å². The van der Waals surface area contributed by atoms with Gasteiger partial charge < -0.3 is 4.90 Å². The minimum Gasteiger partial charge on any atom is -0.377 e. The number of likely N-dealkylation sites (tertiary alicyclic amines) is 1. The van der Waals surface area contributed by atoms with Crippen LogP contribution in [-0.2, 0) is 4.79 Å². The molecule has 0 amide bonds. The van der Waals surface area contributed by atoms with Crippen LogP contribution in [0.15, 0.2) is 12.3 Å². The maximum atomic E-state index is 9.72. The van der Waals surface area contributed by atoms with Crippen LogP contribution >= 0.6 is 0 Å². The fourth-order valence-electron chi connectivity index (χ4n) is 1.03. The molecule has 0 aromatic rings. The zero-order chi connectivity index (χ0) is 6.53. The number of hydrogen-bond donors (Lipinski definition) is 0. The second-order valence-electron chi connectivity index (χ2n) is 2.18. The van der Waals surface area contributed by atoms with Crippen LogP contribution in [0.25, 0.3) is 0 Å². The lowest BCUT2D eigenvalue weighted by Gasteiger charge is -2.08. The summed E-state index contributed by atoms with van der Waals surface area (Å²) in [6, 6.07) is 0. The SMILES string of the molecule is O=[C]C=CN1CCCC1. The van der Waals surface area contributed by atoms with E-state index in [1.807, 2.05) is 0 Å². The molecule has 9 heavy (non-hydrogen) atoms. The minimum atomic E-state index is 1.10. The predicted molar refractivity (Wildman–Crippen MR) is 35.6 cm³/mol. The highest BCUT2D eigenvalue weighted by Crippen LogP contribution is 2.06. The molecule has 0 atom stereocenters. The maximum absolute atomic E-state index is 9.72. The van der Waals surface area contributed by atoms with Crippen LogP contribution < -0.4 is 0 Å². The van der Waals surface area contributed by atoms with Gasteiger partial charge in [-0.05, 0) is 12.8 Å². The molecule has 1 saturated heterocycles. The first-order valence-electron chi connectivity index (χ1n) is 3.22. The zero-order valence-electron chi connectivity index (χ0n) is 5.34. The van der Waals surface area contributed by atoms with Crippen molar-refractivity contribution < 1.29 is 4.79 Å². The molecule has 1 rings (SSSR count). The lowest BCUT2D eigenvalue weighted by Crippen LogP contribution is -2.10. The van der Waals surface area contributed by atoms with Crippen LogP contribution in [0.5, 0.6) is 0 Å². The van der Waals surface area contributed by atoms with E-state index in [1.165, 1.54) is 18.9 Å². The van der Waals surface area contributed by atoms with Gasteiger partial charge in [0, 0.05) is 25.4 Å². The van der Waals surface area contributed by atoms with Gasteiger partial charge in [-0.25, -0.2) is 0 Å². The smallest absolute Gasteiger partial charge is 0.227 e. The van der Waals surface area contributed by atoms with Gasteiger partial charge in [-0.3, -0.25) is 4.79 Å². The van der Waals surface area contributed by atoms with E-state index in [9.17, 15) is 4.79 Å². The van der Waals surface area contributed by atoms with Gasteiger partial charge in [0.2, 0.25) is 6.29 Å². The summed E-state index contributed by atoms with van der Waals surface area (Å²) in [6.07, 6.45) is 7.46. The van der Waals surface area contributed by atoms with Crippen LogP contribution in [0.2, 0.25) is 0 Å². The van der Waals surface area contributed by atoms with Crippen LogP contribution in [0.4, 0.5) is 0 Å². The van der Waals surface area contributed by atoms with E-state index in [2.05, 4.69) is 4.90 Å². The molecule has 0 saturated carbocycles. The van der Waals surface area contributed by atoms with Gasteiger partial charge in [0.25, 0.3) is 0 Å². The van der Waals surface area contributed by atoms with Gasteiger partial charge in [-0.15, -0.1) is 0 Å². The first-order valence-corrected chi connectivity index (χ1v) is 3.22. The average Bonchev–Trinajstić information content (AvgIpc) is 2.34. The maximum Gasteiger partial charge on any atom is 0.227 e. The lowest BCUT2D eigenvalue weighted by molar-refractivity contribution is 0.467. The fourth-order valence-corrected chi connectivity index (χ4v) is 1.03. The largest absolute Gasteiger partial charge is 0.377 e. The third-order valence-electron chi connectivity index (χ3n) is 1.49. The molecule has 0 spiro atoms. The highest BCUT2D eigenvalue weighted by molar-refractivity contribution is 5.65. The fraction of sp³-hybridized carbons (Fsp3) is 0.571. The van der Waals surface area contributed by atoms with Crippen molar-refractivity contribution in [1.29, 1.82) is 0 Å². The van der Waals surface area contributed by atoms with Gasteiger partial charge in [0.1, 0.15) is 0 Å². The van der Waals surface area contributed by atoms with E-state index in [0.29, 0.717) is 0 Å². The number of rotatable bonds is 2. The Balaban J connectivity index is 2.25. The molecule has 0 aliphatic carbocycles. The van der Waals surface area contributed by atoms with Crippen molar-refractivity contribution in [3.8, 4) is 0 Å². The summed E-state index contributed by atoms with van der Waals surface area (Å²) in [5, 5.41) is 0. The van der Waals surface area contributed by atoms with Gasteiger partial charge in [0.15, 0.2) is 0 Å². The van der Waals surface area contributed by atoms with Crippen LogP contribution in [-0.4, -0.2) is 24.3 Å². The number of allylic oxidation sites excluding steroid dienone is 1. The Morgan fingerprint density at radius 1 is 1.33 bits per heavy atom. The van der Waals surface area contributed by atoms with Crippen LogP contribution in [0.3, 0.4) is 0 Å². The molecule has 1 aliphatic heterocycles. The molecule has 0 aromatic carbocycles. The topological polar surface area (TPSA) is 20.3 Å². The summed E-state index contributed by atoms with van der Waals surface area (Å²) in [5.74, 6) is 0. The Morgan fingerprint density at radius 3 is 2.56 bits per heavy atom. The third kappa shape index (κ3) is 1.88. The third-order valence-corrected chi connectivity index (χ3v) is 1.49. The Labute approximate surface area is 55.2 Å². The van der Waals surface area contributed by atoms with Crippen molar-refractivity contribution in [2.45, 2.75) is 12.8 Å². The van der Waals surface area contributed by atoms with Crippen molar-refractivity contribution in [2.24, 2.45) is 0 Å². The Hall–Kier alpha value is -0.790. The summed E-state index contributed by atoms with van der Waals surface area (Å²) in [6.45, 7) is 2.19. The first kappa shape index (κ1) is 6.33. The molecule has 2 nitrogen and oxygen atoms in total. The summed E-state index contributed by atoms with van der Waals surface area (Å²) >= 11 is 0. The number of nitrogens with zero attached hydrogens (tertiary/aromatic N) is 1. The lowest BCUT2D eigenvalue weighted by atomic mass is 10.4. The van der Waals surface area contributed by atoms with Crippen LogP contribution in [0, 0.1) is 0 Å². The van der Waals surface area contributed by atoms with Gasteiger partial charge in [-0.1, -0.05) is 0 Å². The standard InChI is InChI=1S/C7H10NO/c9-7-3-6-8-4-1-2-5-8/h3,6H,1-2,4-5H2. The van der Waals surface area contributed by atoms with E-state index in [0.717, 1.165) is 13.1 Å². The minimum absolute atomic E-state index is 1.10. The summed E-state index contributed by atoms with van der Waals surface area (Å²) in [5.41, 5.74) is 0. The molecule has 49 valence electrons. The molecular weight excluding hydrogens is 114 g/mol. The Morgan fingerprint density at radius 2 is 2.00 bits per heavy atom. The molecule has 1 radical (unpaired) electrons. The number of carbonyl (C=O) groups excluding carboxylic acids is 1. The average molecular weight is 124 g/mol. The van der Waals surface area contributed by atoms with Crippen LogP contribution in [0.1, 0.15) is 12.8 Å². The molecule has 0 bridgehead atoms. The normalized spacial score (nSPS) is 19.3. The summed E-state index contributed by atoms with van der Waals surface area (Å²) < 4.78 is 0. The molecule has 2 heteroatoms. The van der Waals surface area contributed by atoms with Gasteiger partial charge >= 0.3 is 0 Å². The Bertz CT molecular complexity index is 114. The summed E-state index contributed by atoms with van der Waals surface area (Å²) in [4.78, 5) is 11.9. The van der Waals surface area contributed by atoms with E-state index in [-0.39, 0.29) is 0 Å². The molecule has 0 aromatic heterocycles. The Kier molecular flexibility index (Phi) is 2.31. The molecule has 1 fully saturated rings. The molecule has 1 heterocycles. The van der Waals surface area contributed by atoms with Gasteiger partial charge in [-0.2, -0.15) is 0 Å². The second-order valence-corrected chi connectivity index (χ2v) is 2.18. The van der Waals surface area contributed by atoms with E-state index < -0.39 is 0 Å². The second kappa shape index (κ2) is 3.28. The predicted octanol–water partition coefficient (Wildman–Crippen LogP) is 0.706. The first-order chi connectivity index (χ1) is 4.43. The molecule has 0 unspecified atom stereocenters. The van der Waals surface area contributed by atoms with Crippen molar-refractivity contribution in [2.75, 3.05) is 13.1 Å². The molecule has 0 N–H and O–H groups in total. The van der Waals surface area contributed by atoms with E-state index in [4.69, 9.17) is 0 Å². The zero-order valence-corrected chi connectivity index (χ0v) is 5.34. The van der Waals surface area contributed by atoms with Crippen molar-refractivity contribution in [1.82, 2.24) is 4.90 Å². The highest BCUT2D eigenvalue weighted by atomic mass is 16.1. The quantitative estimate of drug-likeness (QED) is 0.505. The number of hydrogen-bond acceptors (Lipinski definition) is 2. The summed E-state index contributed by atoms with van der Waals surface area (Å²) in [7, 11) is 0. The monoisotopic (exact) mass is 124 g/mol. The molecular formula is C7H10NO. The van der Waals surface area contributed by atoms with Crippen molar-refractivity contribution >= 4 is 6.29 Å². The highest BCUT2D eigenvalue weighted by Gasteiger charge is 2.05. The molecule has 1 aliphatic rings. The van der Waals surface area contributed by atoms with E-state index >= 15 is 0 Å².